The number of anilines is 1. The van der Waals surface area contributed by atoms with Gasteiger partial charge in [0.05, 0.1) is 5.56 Å². The molecule has 1 N–H and O–H groups in total. The molecule has 0 spiro atoms. The standard InChI is InChI=1S/C20H22N4O2/c1-12-4-8-16(9-5-12)21-18(25)11-24-13(2)10-17(14(24)3)20-23-22-19(26-20)15-6-7-15/h4-5,8-10,15H,6-7,11H2,1-3H3,(H,21,25). The van der Waals surface area contributed by atoms with Crippen LogP contribution in [0.1, 0.15) is 41.6 Å². The SMILES string of the molecule is Cc1ccc(NC(=O)Cn2c(C)cc(-c3nnc(C4CC4)o3)c2C)cc1. The Labute approximate surface area is 152 Å². The largest absolute Gasteiger partial charge is 0.420 e. The minimum absolute atomic E-state index is 0.0635. The molecule has 0 bridgehead atoms. The third kappa shape index (κ3) is 3.27. The Morgan fingerprint density at radius 2 is 1.92 bits per heavy atom. The molecule has 1 saturated carbocycles. The molecule has 1 aromatic carbocycles. The number of hydrogen-bond acceptors (Lipinski definition) is 4. The van der Waals surface area contributed by atoms with Crippen LogP contribution < -0.4 is 5.32 Å². The predicted octanol–water partition coefficient (Wildman–Crippen LogP) is 3.98. The predicted molar refractivity (Wildman–Crippen MR) is 99.0 cm³/mol. The van der Waals surface area contributed by atoms with E-state index in [9.17, 15) is 4.79 Å². The summed E-state index contributed by atoms with van der Waals surface area (Å²) in [5.41, 5.74) is 4.80. The van der Waals surface area contributed by atoms with Crippen molar-refractivity contribution in [3.8, 4) is 11.5 Å². The number of benzene rings is 1. The van der Waals surface area contributed by atoms with Gasteiger partial charge in [-0.3, -0.25) is 4.79 Å². The van der Waals surface area contributed by atoms with Gasteiger partial charge in [-0.05, 0) is 51.8 Å². The van der Waals surface area contributed by atoms with E-state index in [1.807, 2.05) is 55.7 Å². The van der Waals surface area contributed by atoms with Crippen LogP contribution in [0.4, 0.5) is 5.69 Å². The van der Waals surface area contributed by atoms with Gasteiger partial charge in [0.2, 0.25) is 17.7 Å². The van der Waals surface area contributed by atoms with Crippen molar-refractivity contribution in [3.63, 3.8) is 0 Å². The maximum absolute atomic E-state index is 12.4. The highest BCUT2D eigenvalue weighted by atomic mass is 16.4. The summed E-state index contributed by atoms with van der Waals surface area (Å²) >= 11 is 0. The summed E-state index contributed by atoms with van der Waals surface area (Å²) in [4.78, 5) is 12.4. The van der Waals surface area contributed by atoms with Crippen molar-refractivity contribution in [1.82, 2.24) is 14.8 Å². The zero-order valence-electron chi connectivity index (χ0n) is 15.2. The fourth-order valence-corrected chi connectivity index (χ4v) is 3.08. The third-order valence-corrected chi connectivity index (χ3v) is 4.81. The Hall–Kier alpha value is -2.89. The number of nitrogens with zero attached hydrogens (tertiary/aromatic N) is 3. The zero-order valence-corrected chi connectivity index (χ0v) is 15.2. The van der Waals surface area contributed by atoms with Gasteiger partial charge in [-0.25, -0.2) is 0 Å². The van der Waals surface area contributed by atoms with Crippen LogP contribution in [0.15, 0.2) is 34.7 Å². The Bertz CT molecular complexity index is 949. The van der Waals surface area contributed by atoms with Gasteiger partial charge in [0.25, 0.3) is 0 Å². The van der Waals surface area contributed by atoms with Gasteiger partial charge in [0, 0.05) is 23.0 Å². The van der Waals surface area contributed by atoms with E-state index in [2.05, 4.69) is 15.5 Å². The summed E-state index contributed by atoms with van der Waals surface area (Å²) in [6.07, 6.45) is 2.25. The fraction of sp³-hybridized carbons (Fsp3) is 0.350. The van der Waals surface area contributed by atoms with E-state index >= 15 is 0 Å². The average molecular weight is 350 g/mol. The molecule has 134 valence electrons. The molecule has 1 amide bonds. The van der Waals surface area contributed by atoms with Crippen molar-refractivity contribution in [3.05, 3.63) is 53.2 Å². The van der Waals surface area contributed by atoms with Gasteiger partial charge in [-0.2, -0.15) is 0 Å². The molecule has 26 heavy (non-hydrogen) atoms. The van der Waals surface area contributed by atoms with Gasteiger partial charge in [-0.1, -0.05) is 17.7 Å². The average Bonchev–Trinajstić information content (AvgIpc) is 3.29. The second-order valence-electron chi connectivity index (χ2n) is 7.00. The molecule has 2 aromatic heterocycles. The van der Waals surface area contributed by atoms with Crippen LogP contribution in [0, 0.1) is 20.8 Å². The monoisotopic (exact) mass is 350 g/mol. The summed E-state index contributed by atoms with van der Waals surface area (Å²) in [7, 11) is 0. The number of hydrogen-bond donors (Lipinski definition) is 1. The van der Waals surface area contributed by atoms with Gasteiger partial charge in [0.15, 0.2) is 0 Å². The van der Waals surface area contributed by atoms with Crippen molar-refractivity contribution in [2.75, 3.05) is 5.32 Å². The topological polar surface area (TPSA) is 73.0 Å². The Kier molecular flexibility index (Phi) is 4.11. The Morgan fingerprint density at radius 3 is 2.62 bits per heavy atom. The van der Waals surface area contributed by atoms with Gasteiger partial charge in [0.1, 0.15) is 6.54 Å². The van der Waals surface area contributed by atoms with Gasteiger partial charge >= 0.3 is 0 Å². The Balaban J connectivity index is 1.52. The van der Waals surface area contributed by atoms with Crippen molar-refractivity contribution in [1.29, 1.82) is 0 Å². The van der Waals surface area contributed by atoms with Crippen molar-refractivity contribution < 1.29 is 9.21 Å². The molecule has 0 atom stereocenters. The summed E-state index contributed by atoms with van der Waals surface area (Å²) in [6.45, 7) is 6.22. The number of nitrogens with one attached hydrogen (secondary N) is 1. The van der Waals surface area contributed by atoms with Crippen LogP contribution in [-0.4, -0.2) is 20.7 Å². The number of aryl methyl sites for hydroxylation is 2. The molecular formula is C20H22N4O2. The van der Waals surface area contributed by atoms with E-state index in [0.29, 0.717) is 11.8 Å². The van der Waals surface area contributed by atoms with E-state index in [4.69, 9.17) is 4.42 Å². The highest BCUT2D eigenvalue weighted by Crippen LogP contribution is 2.40. The van der Waals surface area contributed by atoms with E-state index in [1.165, 1.54) is 0 Å². The maximum Gasteiger partial charge on any atom is 0.249 e. The lowest BCUT2D eigenvalue weighted by Gasteiger charge is -2.10. The first-order valence-corrected chi connectivity index (χ1v) is 8.88. The highest BCUT2D eigenvalue weighted by molar-refractivity contribution is 5.90. The number of amides is 1. The molecule has 0 aliphatic heterocycles. The van der Waals surface area contributed by atoms with E-state index in [0.717, 1.165) is 46.9 Å². The normalized spacial score (nSPS) is 13.8. The molecule has 3 aromatic rings. The Morgan fingerprint density at radius 1 is 1.19 bits per heavy atom. The molecule has 6 heteroatoms. The molecule has 4 rings (SSSR count). The molecule has 1 aliphatic rings. The van der Waals surface area contributed by atoms with Gasteiger partial charge < -0.3 is 14.3 Å². The summed E-state index contributed by atoms with van der Waals surface area (Å²) in [5.74, 6) is 1.62. The number of aromatic nitrogens is 3. The van der Waals surface area contributed by atoms with Crippen LogP contribution in [0.3, 0.4) is 0 Å². The van der Waals surface area contributed by atoms with Crippen LogP contribution in [0.25, 0.3) is 11.5 Å². The first-order valence-electron chi connectivity index (χ1n) is 8.88. The molecule has 2 heterocycles. The molecule has 1 fully saturated rings. The molecule has 1 aliphatic carbocycles. The molecule has 6 nitrogen and oxygen atoms in total. The third-order valence-electron chi connectivity index (χ3n) is 4.81. The lowest BCUT2D eigenvalue weighted by molar-refractivity contribution is -0.116. The summed E-state index contributed by atoms with van der Waals surface area (Å²) < 4.78 is 7.79. The molecule has 0 saturated heterocycles. The number of rotatable bonds is 5. The molecular weight excluding hydrogens is 328 g/mol. The fourth-order valence-electron chi connectivity index (χ4n) is 3.08. The lowest BCUT2D eigenvalue weighted by Crippen LogP contribution is -2.20. The minimum Gasteiger partial charge on any atom is -0.420 e. The lowest BCUT2D eigenvalue weighted by atomic mass is 10.2. The van der Waals surface area contributed by atoms with Crippen molar-refractivity contribution >= 4 is 11.6 Å². The first kappa shape index (κ1) is 16.6. The highest BCUT2D eigenvalue weighted by Gasteiger charge is 2.30. The molecule has 0 radical (unpaired) electrons. The second kappa shape index (κ2) is 6.44. The zero-order chi connectivity index (χ0) is 18.3. The number of carbonyl (C=O) groups excluding carboxylic acids is 1. The van der Waals surface area contributed by atoms with Crippen molar-refractivity contribution in [2.24, 2.45) is 0 Å². The minimum atomic E-state index is -0.0635. The quantitative estimate of drug-likeness (QED) is 0.755. The summed E-state index contributed by atoms with van der Waals surface area (Å²) in [5, 5.41) is 11.3. The van der Waals surface area contributed by atoms with Crippen LogP contribution in [0.2, 0.25) is 0 Å². The second-order valence-corrected chi connectivity index (χ2v) is 7.00. The van der Waals surface area contributed by atoms with E-state index in [1.54, 1.807) is 0 Å². The van der Waals surface area contributed by atoms with Crippen LogP contribution in [-0.2, 0) is 11.3 Å². The van der Waals surface area contributed by atoms with E-state index < -0.39 is 0 Å². The van der Waals surface area contributed by atoms with Crippen molar-refractivity contribution in [2.45, 2.75) is 46.1 Å². The molecule has 0 unspecified atom stereocenters. The van der Waals surface area contributed by atoms with E-state index in [-0.39, 0.29) is 12.5 Å². The van der Waals surface area contributed by atoms with Crippen LogP contribution >= 0.6 is 0 Å². The number of carbonyl (C=O) groups is 1. The smallest absolute Gasteiger partial charge is 0.249 e. The van der Waals surface area contributed by atoms with Gasteiger partial charge in [-0.15, -0.1) is 10.2 Å². The summed E-state index contributed by atoms with van der Waals surface area (Å²) in [6, 6.07) is 9.77. The first-order chi connectivity index (χ1) is 12.5. The van der Waals surface area contributed by atoms with Crippen LogP contribution in [0.5, 0.6) is 0 Å². The maximum atomic E-state index is 12.4.